The Balaban J connectivity index is 1.99. The van der Waals surface area contributed by atoms with Crippen LogP contribution in [-0.2, 0) is 0 Å². The Morgan fingerprint density at radius 1 is 0.963 bits per heavy atom. The van der Waals surface area contributed by atoms with Crippen LogP contribution in [-0.4, -0.2) is 14.5 Å². The first-order valence-corrected chi connectivity index (χ1v) is 8.51. The van der Waals surface area contributed by atoms with Crippen LogP contribution in [0.1, 0.15) is 17.1 Å². The van der Waals surface area contributed by atoms with Gasteiger partial charge in [-0.3, -0.25) is 14.3 Å². The van der Waals surface area contributed by atoms with E-state index in [2.05, 4.69) is 9.97 Å². The predicted octanol–water partition coefficient (Wildman–Crippen LogP) is 4.40. The van der Waals surface area contributed by atoms with Gasteiger partial charge in [0.15, 0.2) is 0 Å². The molecule has 0 aliphatic carbocycles. The molecule has 0 radical (unpaired) electrons. The second-order valence-electron chi connectivity index (χ2n) is 6.09. The van der Waals surface area contributed by atoms with Gasteiger partial charge in [0, 0.05) is 11.8 Å². The Morgan fingerprint density at radius 2 is 1.74 bits per heavy atom. The van der Waals surface area contributed by atoms with Gasteiger partial charge in [0.1, 0.15) is 11.6 Å². The Bertz CT molecular complexity index is 1230. The molecule has 0 saturated carbocycles. The van der Waals surface area contributed by atoms with E-state index < -0.39 is 0 Å². The van der Waals surface area contributed by atoms with E-state index in [1.165, 1.54) is 10.6 Å². The molecule has 27 heavy (non-hydrogen) atoms. The van der Waals surface area contributed by atoms with Crippen LogP contribution in [0.2, 0.25) is 0 Å². The zero-order valence-electron chi connectivity index (χ0n) is 14.6. The van der Waals surface area contributed by atoms with Crippen molar-refractivity contribution in [3.05, 3.63) is 100 Å². The molecule has 0 bridgehead atoms. The zero-order chi connectivity index (χ0) is 18.8. The molecule has 0 spiro atoms. The van der Waals surface area contributed by atoms with Crippen molar-refractivity contribution in [3.63, 3.8) is 0 Å². The van der Waals surface area contributed by atoms with E-state index in [0.717, 1.165) is 0 Å². The van der Waals surface area contributed by atoms with E-state index in [9.17, 15) is 9.18 Å². The van der Waals surface area contributed by atoms with Crippen LogP contribution >= 0.6 is 0 Å². The van der Waals surface area contributed by atoms with Crippen LogP contribution in [0.25, 0.3) is 28.7 Å². The number of para-hydroxylation sites is 1. The van der Waals surface area contributed by atoms with E-state index in [1.54, 1.807) is 60.8 Å². The SMILES string of the molecule is Cc1ncccc1-n1c(C=Cc2ccccc2F)nc2ccccc2c1=O. The van der Waals surface area contributed by atoms with Gasteiger partial charge < -0.3 is 0 Å². The van der Waals surface area contributed by atoms with Crippen molar-refractivity contribution >= 4 is 23.1 Å². The van der Waals surface area contributed by atoms with Gasteiger partial charge >= 0.3 is 0 Å². The molecule has 2 aromatic carbocycles. The zero-order valence-corrected chi connectivity index (χ0v) is 14.6. The fraction of sp³-hybridized carbons (Fsp3) is 0.0455. The fourth-order valence-electron chi connectivity index (χ4n) is 2.98. The van der Waals surface area contributed by atoms with Crippen molar-refractivity contribution in [2.45, 2.75) is 6.92 Å². The van der Waals surface area contributed by atoms with Crippen LogP contribution < -0.4 is 5.56 Å². The minimum absolute atomic E-state index is 0.190. The largest absolute Gasteiger partial charge is 0.268 e. The summed E-state index contributed by atoms with van der Waals surface area (Å²) in [6.07, 6.45) is 4.94. The van der Waals surface area contributed by atoms with Crippen LogP contribution in [0.3, 0.4) is 0 Å². The summed E-state index contributed by atoms with van der Waals surface area (Å²) in [5, 5.41) is 0.517. The first-order valence-electron chi connectivity index (χ1n) is 8.51. The third-order valence-corrected chi connectivity index (χ3v) is 4.34. The third kappa shape index (κ3) is 3.15. The monoisotopic (exact) mass is 357 g/mol. The van der Waals surface area contributed by atoms with Gasteiger partial charge in [-0.15, -0.1) is 0 Å². The Labute approximate surface area is 155 Å². The van der Waals surface area contributed by atoms with Gasteiger partial charge in [0.05, 0.1) is 22.3 Å². The van der Waals surface area contributed by atoms with Gasteiger partial charge in [0.25, 0.3) is 5.56 Å². The molecule has 5 heteroatoms. The number of hydrogen-bond acceptors (Lipinski definition) is 3. The van der Waals surface area contributed by atoms with E-state index in [4.69, 9.17) is 0 Å². The van der Waals surface area contributed by atoms with Gasteiger partial charge in [0.2, 0.25) is 0 Å². The molecule has 0 amide bonds. The normalized spacial score (nSPS) is 11.3. The lowest BCUT2D eigenvalue weighted by Crippen LogP contribution is -2.23. The highest BCUT2D eigenvalue weighted by Gasteiger charge is 2.13. The molecule has 4 aromatic rings. The average molecular weight is 357 g/mol. The highest BCUT2D eigenvalue weighted by Crippen LogP contribution is 2.17. The second kappa shape index (κ2) is 6.96. The van der Waals surface area contributed by atoms with E-state index in [1.807, 2.05) is 19.1 Å². The van der Waals surface area contributed by atoms with Crippen LogP contribution in [0.5, 0.6) is 0 Å². The number of halogens is 1. The highest BCUT2D eigenvalue weighted by atomic mass is 19.1. The maximum Gasteiger partial charge on any atom is 0.266 e. The van der Waals surface area contributed by atoms with E-state index >= 15 is 0 Å². The number of rotatable bonds is 3. The van der Waals surface area contributed by atoms with Crippen molar-refractivity contribution in [1.82, 2.24) is 14.5 Å². The van der Waals surface area contributed by atoms with Crippen molar-refractivity contribution in [2.24, 2.45) is 0 Å². The van der Waals surface area contributed by atoms with Crippen molar-refractivity contribution in [3.8, 4) is 5.69 Å². The molecule has 4 nitrogen and oxygen atoms in total. The van der Waals surface area contributed by atoms with Gasteiger partial charge in [-0.25, -0.2) is 9.37 Å². The lowest BCUT2D eigenvalue weighted by Gasteiger charge is -2.13. The molecule has 0 atom stereocenters. The quantitative estimate of drug-likeness (QED) is 0.546. The summed E-state index contributed by atoms with van der Waals surface area (Å²) < 4.78 is 15.5. The standard InChI is InChI=1S/C22H16FN3O/c1-15-20(11-6-14-24-15)26-21(13-12-16-7-2-4-9-18(16)23)25-19-10-5-3-8-17(19)22(26)27/h2-14H,1H3. The number of fused-ring (bicyclic) bond motifs is 1. The fourth-order valence-corrected chi connectivity index (χ4v) is 2.98. The van der Waals surface area contributed by atoms with Crippen molar-refractivity contribution in [2.75, 3.05) is 0 Å². The summed E-state index contributed by atoms with van der Waals surface area (Å²) >= 11 is 0. The molecule has 0 N–H and O–H groups in total. The molecule has 0 aliphatic rings. The highest BCUT2D eigenvalue weighted by molar-refractivity contribution is 5.80. The first-order chi connectivity index (χ1) is 13.1. The van der Waals surface area contributed by atoms with E-state index in [0.29, 0.717) is 33.7 Å². The van der Waals surface area contributed by atoms with Gasteiger partial charge in [-0.2, -0.15) is 0 Å². The summed E-state index contributed by atoms with van der Waals surface area (Å²) in [4.78, 5) is 22.1. The lowest BCUT2D eigenvalue weighted by molar-refractivity contribution is 0.625. The number of nitrogens with zero attached hydrogens (tertiary/aromatic N) is 3. The van der Waals surface area contributed by atoms with Crippen LogP contribution in [0.4, 0.5) is 4.39 Å². The number of benzene rings is 2. The van der Waals surface area contributed by atoms with Crippen molar-refractivity contribution < 1.29 is 4.39 Å². The number of aryl methyl sites for hydroxylation is 1. The Hall–Kier alpha value is -3.60. The summed E-state index contributed by atoms with van der Waals surface area (Å²) in [5.74, 6) is 0.0825. The van der Waals surface area contributed by atoms with Gasteiger partial charge in [-0.1, -0.05) is 30.3 Å². The second-order valence-corrected chi connectivity index (χ2v) is 6.09. The summed E-state index contributed by atoms with van der Waals surface area (Å²) in [5.41, 5.74) is 2.18. The molecule has 132 valence electrons. The third-order valence-electron chi connectivity index (χ3n) is 4.34. The molecule has 0 fully saturated rings. The smallest absolute Gasteiger partial charge is 0.266 e. The average Bonchev–Trinajstić information content (AvgIpc) is 2.68. The molecule has 2 aromatic heterocycles. The summed E-state index contributed by atoms with van der Waals surface area (Å²) in [7, 11) is 0. The predicted molar refractivity (Wildman–Crippen MR) is 105 cm³/mol. The molecule has 2 heterocycles. The van der Waals surface area contributed by atoms with Gasteiger partial charge in [-0.05, 0) is 49.4 Å². The van der Waals surface area contributed by atoms with Crippen LogP contribution in [0.15, 0.2) is 71.7 Å². The number of pyridine rings is 1. The molecule has 4 rings (SSSR count). The maximum atomic E-state index is 14.0. The molecule has 0 saturated heterocycles. The minimum atomic E-state index is -0.332. The first kappa shape index (κ1) is 16.8. The summed E-state index contributed by atoms with van der Waals surface area (Å²) in [6, 6.07) is 17.2. The summed E-state index contributed by atoms with van der Waals surface area (Å²) in [6.45, 7) is 1.83. The molecule has 0 aliphatic heterocycles. The number of hydrogen-bond donors (Lipinski definition) is 0. The Morgan fingerprint density at radius 3 is 2.56 bits per heavy atom. The molecule has 0 unspecified atom stereocenters. The Kier molecular flexibility index (Phi) is 4.34. The van der Waals surface area contributed by atoms with Crippen LogP contribution in [0, 0.1) is 12.7 Å². The van der Waals surface area contributed by atoms with E-state index in [-0.39, 0.29) is 11.4 Å². The lowest BCUT2D eigenvalue weighted by atomic mass is 10.2. The van der Waals surface area contributed by atoms with Crippen molar-refractivity contribution in [1.29, 1.82) is 0 Å². The molecular weight excluding hydrogens is 341 g/mol. The minimum Gasteiger partial charge on any atom is -0.268 e. The molecular formula is C22H16FN3O. The number of aromatic nitrogens is 3. The maximum absolute atomic E-state index is 14.0. The topological polar surface area (TPSA) is 47.8 Å².